The van der Waals surface area contributed by atoms with Crippen molar-refractivity contribution in [3.05, 3.63) is 64.8 Å². The summed E-state index contributed by atoms with van der Waals surface area (Å²) in [5, 5.41) is 10.2. The van der Waals surface area contributed by atoms with Gasteiger partial charge in [0.25, 0.3) is 10.0 Å². The highest BCUT2D eigenvalue weighted by Crippen LogP contribution is 2.29. The number of hydrogen-bond donors (Lipinski definition) is 1. The smallest absolute Gasteiger partial charge is 0.303 e. The summed E-state index contributed by atoms with van der Waals surface area (Å²) >= 11 is 6.03. The van der Waals surface area contributed by atoms with Crippen molar-refractivity contribution < 1.29 is 18.3 Å². The second kappa shape index (κ2) is 7.37. The van der Waals surface area contributed by atoms with E-state index in [1.54, 1.807) is 48.5 Å². The first kappa shape index (κ1) is 19.5. The number of carbonyl (C=O) groups is 1. The molecule has 0 spiro atoms. The van der Waals surface area contributed by atoms with Gasteiger partial charge >= 0.3 is 5.97 Å². The van der Waals surface area contributed by atoms with E-state index in [4.69, 9.17) is 16.7 Å². The predicted octanol–water partition coefficient (Wildman–Crippen LogP) is 4.67. The zero-order valence-electron chi connectivity index (χ0n) is 15.0. The number of aromatic nitrogens is 1. The fourth-order valence-electron chi connectivity index (χ4n) is 3.04. The molecule has 0 radical (unpaired) electrons. The van der Waals surface area contributed by atoms with Gasteiger partial charge < -0.3 is 5.11 Å². The van der Waals surface area contributed by atoms with Crippen molar-refractivity contribution in [2.24, 2.45) is 0 Å². The summed E-state index contributed by atoms with van der Waals surface area (Å²) in [5.41, 5.74) is 1.94. The van der Waals surface area contributed by atoms with Crippen LogP contribution in [0.1, 0.15) is 37.4 Å². The molecular weight excluding hydrogens is 386 g/mol. The average Bonchev–Trinajstić information content (AvgIpc) is 2.98. The molecule has 0 saturated carbocycles. The van der Waals surface area contributed by atoms with Crippen molar-refractivity contribution in [3.8, 4) is 0 Å². The van der Waals surface area contributed by atoms with Crippen LogP contribution < -0.4 is 0 Å². The van der Waals surface area contributed by atoms with Crippen LogP contribution in [0.2, 0.25) is 5.02 Å². The fraction of sp³-hybridized carbons (Fsp3) is 0.250. The number of hydrogen-bond acceptors (Lipinski definition) is 3. The van der Waals surface area contributed by atoms with E-state index in [1.807, 2.05) is 13.8 Å². The first-order valence-corrected chi connectivity index (χ1v) is 10.4. The Hall–Kier alpha value is -2.31. The lowest BCUT2D eigenvalue weighted by atomic mass is 10.0. The fourth-order valence-corrected chi connectivity index (χ4v) is 4.79. The number of aryl methyl sites for hydroxylation is 1. The third kappa shape index (κ3) is 3.87. The molecule has 0 saturated heterocycles. The summed E-state index contributed by atoms with van der Waals surface area (Å²) in [6.07, 6.45) is -0.0587. The van der Waals surface area contributed by atoms with Crippen LogP contribution in [0.4, 0.5) is 0 Å². The van der Waals surface area contributed by atoms with Gasteiger partial charge in [-0.25, -0.2) is 12.4 Å². The molecule has 142 valence electrons. The Morgan fingerprint density at radius 2 is 1.78 bits per heavy atom. The number of nitrogens with zero attached hydrogens (tertiary/aromatic N) is 1. The molecule has 3 aromatic rings. The van der Waals surface area contributed by atoms with Gasteiger partial charge in [0.2, 0.25) is 0 Å². The maximum absolute atomic E-state index is 13.3. The zero-order valence-corrected chi connectivity index (χ0v) is 16.6. The molecule has 0 atom stereocenters. The quantitative estimate of drug-likeness (QED) is 0.646. The molecule has 7 heteroatoms. The van der Waals surface area contributed by atoms with Crippen LogP contribution in [0.15, 0.2) is 53.4 Å². The van der Waals surface area contributed by atoms with Gasteiger partial charge in [-0.2, -0.15) is 0 Å². The molecule has 1 aromatic heterocycles. The summed E-state index contributed by atoms with van der Waals surface area (Å²) in [7, 11) is -3.88. The van der Waals surface area contributed by atoms with E-state index in [0.29, 0.717) is 27.5 Å². The minimum Gasteiger partial charge on any atom is -0.481 e. The zero-order chi connectivity index (χ0) is 19.8. The number of carboxylic acids is 1. The van der Waals surface area contributed by atoms with Crippen molar-refractivity contribution in [2.45, 2.75) is 37.5 Å². The number of fused-ring (bicyclic) bond motifs is 1. The third-order valence-corrected chi connectivity index (χ3v) is 6.49. The maximum atomic E-state index is 13.3. The Kier molecular flexibility index (Phi) is 5.31. The standard InChI is InChI=1S/C20H20ClNO4S/c1-13(2)14-3-7-18(8-4-14)27(25,26)22-17(6-10-20(23)24)12-15-11-16(21)5-9-19(15)22/h3-5,7-9,11-13H,6,10H2,1-2H3,(H,23,24). The third-order valence-electron chi connectivity index (χ3n) is 4.47. The van der Waals surface area contributed by atoms with Crippen LogP contribution in [-0.2, 0) is 21.2 Å². The van der Waals surface area contributed by atoms with E-state index in [2.05, 4.69) is 0 Å². The van der Waals surface area contributed by atoms with E-state index in [0.717, 1.165) is 5.56 Å². The molecule has 0 aliphatic heterocycles. The van der Waals surface area contributed by atoms with Crippen LogP contribution in [0.25, 0.3) is 10.9 Å². The predicted molar refractivity (Wildman–Crippen MR) is 106 cm³/mol. The van der Waals surface area contributed by atoms with Gasteiger partial charge in [0, 0.05) is 16.1 Å². The van der Waals surface area contributed by atoms with Gasteiger partial charge in [-0.15, -0.1) is 0 Å². The second-order valence-electron chi connectivity index (χ2n) is 6.73. The van der Waals surface area contributed by atoms with E-state index in [1.165, 1.54) is 3.97 Å². The second-order valence-corrected chi connectivity index (χ2v) is 8.95. The van der Waals surface area contributed by atoms with E-state index in [-0.39, 0.29) is 17.7 Å². The number of carboxylic acid groups (broad SMARTS) is 1. The molecule has 0 fully saturated rings. The molecule has 3 rings (SSSR count). The molecule has 0 aliphatic carbocycles. The molecule has 5 nitrogen and oxygen atoms in total. The van der Waals surface area contributed by atoms with Gasteiger partial charge in [0.1, 0.15) is 0 Å². The van der Waals surface area contributed by atoms with Crippen molar-refractivity contribution in [1.82, 2.24) is 3.97 Å². The van der Waals surface area contributed by atoms with Crippen molar-refractivity contribution in [3.63, 3.8) is 0 Å². The lowest BCUT2D eigenvalue weighted by Crippen LogP contribution is -2.16. The lowest BCUT2D eigenvalue weighted by Gasteiger charge is -2.13. The van der Waals surface area contributed by atoms with Gasteiger partial charge in [0.15, 0.2) is 0 Å². The topological polar surface area (TPSA) is 76.4 Å². The minimum absolute atomic E-state index is 0.102. The first-order valence-electron chi connectivity index (χ1n) is 8.57. The van der Waals surface area contributed by atoms with E-state index >= 15 is 0 Å². The summed E-state index contributed by atoms with van der Waals surface area (Å²) in [6, 6.07) is 13.4. The Bertz CT molecular complexity index is 1100. The summed E-state index contributed by atoms with van der Waals surface area (Å²) in [6.45, 7) is 4.08. The monoisotopic (exact) mass is 405 g/mol. The molecule has 0 unspecified atom stereocenters. The van der Waals surface area contributed by atoms with Crippen molar-refractivity contribution >= 4 is 38.5 Å². The molecule has 0 bridgehead atoms. The van der Waals surface area contributed by atoms with Crippen molar-refractivity contribution in [1.29, 1.82) is 0 Å². The molecule has 0 amide bonds. The summed E-state index contributed by atoms with van der Waals surface area (Å²) in [4.78, 5) is 11.2. The van der Waals surface area contributed by atoms with Crippen LogP contribution in [0.3, 0.4) is 0 Å². The Balaban J connectivity index is 2.17. The van der Waals surface area contributed by atoms with Crippen LogP contribution >= 0.6 is 11.6 Å². The first-order chi connectivity index (χ1) is 12.7. The van der Waals surface area contributed by atoms with Gasteiger partial charge in [-0.1, -0.05) is 37.6 Å². The lowest BCUT2D eigenvalue weighted by molar-refractivity contribution is -0.136. The van der Waals surface area contributed by atoms with Gasteiger partial charge in [-0.3, -0.25) is 4.79 Å². The highest BCUT2D eigenvalue weighted by Gasteiger charge is 2.23. The average molecular weight is 406 g/mol. The highest BCUT2D eigenvalue weighted by molar-refractivity contribution is 7.90. The number of aliphatic carboxylic acids is 1. The Labute approximate surface area is 163 Å². The van der Waals surface area contributed by atoms with Gasteiger partial charge in [0.05, 0.1) is 16.8 Å². The molecule has 2 aromatic carbocycles. The molecule has 0 aliphatic rings. The largest absolute Gasteiger partial charge is 0.481 e. The van der Waals surface area contributed by atoms with Crippen LogP contribution in [0.5, 0.6) is 0 Å². The van der Waals surface area contributed by atoms with Gasteiger partial charge in [-0.05, 0) is 54.3 Å². The molecule has 1 heterocycles. The Morgan fingerprint density at radius 3 is 2.37 bits per heavy atom. The van der Waals surface area contributed by atoms with Crippen LogP contribution in [0, 0.1) is 0 Å². The van der Waals surface area contributed by atoms with E-state index in [9.17, 15) is 13.2 Å². The number of rotatable bonds is 6. The SMILES string of the molecule is CC(C)c1ccc(S(=O)(=O)n2c(CCC(=O)O)cc3cc(Cl)ccc32)cc1. The molecule has 1 N–H and O–H groups in total. The van der Waals surface area contributed by atoms with Crippen molar-refractivity contribution in [2.75, 3.05) is 0 Å². The minimum atomic E-state index is -3.88. The molecular formula is C20H20ClNO4S. The van der Waals surface area contributed by atoms with E-state index < -0.39 is 16.0 Å². The Morgan fingerprint density at radius 1 is 1.11 bits per heavy atom. The number of benzene rings is 2. The highest BCUT2D eigenvalue weighted by atomic mass is 35.5. The molecule has 27 heavy (non-hydrogen) atoms. The van der Waals surface area contributed by atoms with Crippen LogP contribution in [-0.4, -0.2) is 23.5 Å². The summed E-state index contributed by atoms with van der Waals surface area (Å²) in [5.74, 6) is -0.689. The summed E-state index contributed by atoms with van der Waals surface area (Å²) < 4.78 is 27.9. The number of halogens is 1. The normalized spacial score (nSPS) is 12.0. The maximum Gasteiger partial charge on any atom is 0.303 e.